The quantitative estimate of drug-likeness (QED) is 0.710. The van der Waals surface area contributed by atoms with Crippen molar-refractivity contribution < 1.29 is 9.53 Å². The van der Waals surface area contributed by atoms with Gasteiger partial charge in [0.05, 0.1) is 6.54 Å². The van der Waals surface area contributed by atoms with Gasteiger partial charge in [-0.1, -0.05) is 24.3 Å². The summed E-state index contributed by atoms with van der Waals surface area (Å²) in [5.74, 6) is 0.827. The lowest BCUT2D eigenvalue weighted by molar-refractivity contribution is -0.125. The van der Waals surface area contributed by atoms with Gasteiger partial charge in [-0.25, -0.2) is 0 Å². The minimum atomic E-state index is -0.000776. The van der Waals surface area contributed by atoms with Crippen LogP contribution in [0.2, 0.25) is 0 Å². The molecule has 1 rings (SSSR count). The van der Waals surface area contributed by atoms with E-state index in [0.29, 0.717) is 13.2 Å². The summed E-state index contributed by atoms with van der Waals surface area (Å²) < 4.78 is 5.49. The first-order valence-corrected chi connectivity index (χ1v) is 5.29. The van der Waals surface area contributed by atoms with Crippen LogP contribution in [0.4, 0.5) is 0 Å². The van der Waals surface area contributed by atoms with Crippen molar-refractivity contribution in [3.8, 4) is 5.75 Å². The standard InChI is InChI=1S/C13H17NO2/c1-3-7-13(15)14(2)10-11-16-12-8-5-4-6-9-12/h3-9H,10-11H2,1-2H3. The number of hydrogen-bond acceptors (Lipinski definition) is 2. The highest BCUT2D eigenvalue weighted by atomic mass is 16.5. The van der Waals surface area contributed by atoms with Crippen molar-refractivity contribution in [1.82, 2.24) is 4.90 Å². The van der Waals surface area contributed by atoms with E-state index in [-0.39, 0.29) is 5.91 Å². The van der Waals surface area contributed by atoms with Gasteiger partial charge in [0.2, 0.25) is 5.91 Å². The van der Waals surface area contributed by atoms with Gasteiger partial charge in [-0.3, -0.25) is 4.79 Å². The van der Waals surface area contributed by atoms with Gasteiger partial charge in [-0.15, -0.1) is 0 Å². The number of allylic oxidation sites excluding steroid dienone is 1. The minimum Gasteiger partial charge on any atom is -0.492 e. The second kappa shape index (κ2) is 6.67. The summed E-state index contributed by atoms with van der Waals surface area (Å²) in [6.45, 7) is 2.91. The van der Waals surface area contributed by atoms with Crippen molar-refractivity contribution >= 4 is 5.91 Å². The van der Waals surface area contributed by atoms with Gasteiger partial charge in [0, 0.05) is 7.05 Å². The molecule has 0 aliphatic heterocycles. The van der Waals surface area contributed by atoms with E-state index in [1.165, 1.54) is 0 Å². The van der Waals surface area contributed by atoms with Crippen LogP contribution in [-0.2, 0) is 4.79 Å². The van der Waals surface area contributed by atoms with Gasteiger partial charge in [0.1, 0.15) is 12.4 Å². The molecule has 0 N–H and O–H groups in total. The molecule has 0 saturated carbocycles. The highest BCUT2D eigenvalue weighted by molar-refractivity contribution is 5.87. The number of nitrogens with zero attached hydrogens (tertiary/aromatic N) is 1. The maximum Gasteiger partial charge on any atom is 0.246 e. The zero-order valence-electron chi connectivity index (χ0n) is 9.72. The average molecular weight is 219 g/mol. The van der Waals surface area contributed by atoms with E-state index in [0.717, 1.165) is 5.75 Å². The van der Waals surface area contributed by atoms with E-state index >= 15 is 0 Å². The molecule has 0 aliphatic carbocycles. The molecule has 0 unspecified atom stereocenters. The topological polar surface area (TPSA) is 29.5 Å². The molecule has 0 heterocycles. The van der Waals surface area contributed by atoms with Crippen molar-refractivity contribution in [2.45, 2.75) is 6.92 Å². The smallest absolute Gasteiger partial charge is 0.246 e. The summed E-state index contributed by atoms with van der Waals surface area (Å²) in [4.78, 5) is 13.0. The van der Waals surface area contributed by atoms with E-state index in [1.54, 1.807) is 24.1 Å². The number of benzene rings is 1. The van der Waals surface area contributed by atoms with Gasteiger partial charge >= 0.3 is 0 Å². The first-order valence-electron chi connectivity index (χ1n) is 5.29. The Balaban J connectivity index is 2.28. The number of carbonyl (C=O) groups is 1. The molecule has 0 spiro atoms. The van der Waals surface area contributed by atoms with E-state index in [4.69, 9.17) is 4.74 Å². The number of rotatable bonds is 5. The SMILES string of the molecule is CC=CC(=O)N(C)CCOc1ccccc1. The number of para-hydroxylation sites is 1. The lowest BCUT2D eigenvalue weighted by Gasteiger charge is -2.15. The Bertz CT molecular complexity index is 346. The third kappa shape index (κ3) is 4.17. The summed E-state index contributed by atoms with van der Waals surface area (Å²) >= 11 is 0. The zero-order valence-corrected chi connectivity index (χ0v) is 9.72. The fourth-order valence-electron chi connectivity index (χ4n) is 1.20. The summed E-state index contributed by atoms with van der Waals surface area (Å²) in [5.41, 5.74) is 0. The van der Waals surface area contributed by atoms with Crippen molar-refractivity contribution in [2.75, 3.05) is 20.2 Å². The lowest BCUT2D eigenvalue weighted by atomic mass is 10.3. The van der Waals surface area contributed by atoms with Crippen molar-refractivity contribution in [2.24, 2.45) is 0 Å². The summed E-state index contributed by atoms with van der Waals surface area (Å²) in [5, 5.41) is 0. The molecule has 0 radical (unpaired) electrons. The molecule has 3 nitrogen and oxygen atoms in total. The molecule has 0 saturated heterocycles. The fraction of sp³-hybridized carbons (Fsp3) is 0.308. The second-order valence-electron chi connectivity index (χ2n) is 3.42. The Hall–Kier alpha value is -1.77. The van der Waals surface area contributed by atoms with Gasteiger partial charge in [-0.2, -0.15) is 0 Å². The normalized spacial score (nSPS) is 10.4. The fourth-order valence-corrected chi connectivity index (χ4v) is 1.20. The van der Waals surface area contributed by atoms with Gasteiger partial charge in [0.25, 0.3) is 0 Å². The maximum atomic E-state index is 11.4. The van der Waals surface area contributed by atoms with Crippen LogP contribution >= 0.6 is 0 Å². The van der Waals surface area contributed by atoms with Crippen LogP contribution in [0, 0.1) is 0 Å². The molecule has 1 aromatic rings. The molecular formula is C13H17NO2. The van der Waals surface area contributed by atoms with Crippen molar-refractivity contribution in [3.05, 3.63) is 42.5 Å². The van der Waals surface area contributed by atoms with Crippen LogP contribution in [0.25, 0.3) is 0 Å². The first-order chi connectivity index (χ1) is 7.74. The molecule has 0 fully saturated rings. The molecule has 0 atom stereocenters. The predicted octanol–water partition coefficient (Wildman–Crippen LogP) is 2.10. The van der Waals surface area contributed by atoms with Gasteiger partial charge < -0.3 is 9.64 Å². The summed E-state index contributed by atoms with van der Waals surface area (Å²) in [6, 6.07) is 9.57. The molecule has 0 aliphatic rings. The molecule has 1 amide bonds. The number of carbonyl (C=O) groups excluding carboxylic acids is 1. The Kier molecular flexibility index (Phi) is 5.12. The molecule has 86 valence electrons. The Labute approximate surface area is 96.3 Å². The van der Waals surface area contributed by atoms with Gasteiger partial charge in [0.15, 0.2) is 0 Å². The van der Waals surface area contributed by atoms with Crippen LogP contribution in [-0.4, -0.2) is 31.0 Å². The first kappa shape index (κ1) is 12.3. The van der Waals surface area contributed by atoms with Crippen LogP contribution in [0.15, 0.2) is 42.5 Å². The Morgan fingerprint density at radius 2 is 2.06 bits per heavy atom. The highest BCUT2D eigenvalue weighted by Crippen LogP contribution is 2.07. The predicted molar refractivity (Wildman–Crippen MR) is 64.4 cm³/mol. The minimum absolute atomic E-state index is 0.000776. The zero-order chi connectivity index (χ0) is 11.8. The molecular weight excluding hydrogens is 202 g/mol. The van der Waals surface area contributed by atoms with E-state index in [9.17, 15) is 4.79 Å². The third-order valence-electron chi connectivity index (χ3n) is 2.12. The van der Waals surface area contributed by atoms with Crippen molar-refractivity contribution in [3.63, 3.8) is 0 Å². The van der Waals surface area contributed by atoms with E-state index < -0.39 is 0 Å². The Morgan fingerprint density at radius 1 is 1.38 bits per heavy atom. The average Bonchev–Trinajstić information content (AvgIpc) is 2.30. The van der Waals surface area contributed by atoms with E-state index in [2.05, 4.69) is 0 Å². The summed E-state index contributed by atoms with van der Waals surface area (Å²) in [7, 11) is 1.76. The second-order valence-corrected chi connectivity index (χ2v) is 3.42. The van der Waals surface area contributed by atoms with Gasteiger partial charge in [-0.05, 0) is 25.1 Å². The molecule has 1 aromatic carbocycles. The Morgan fingerprint density at radius 3 is 2.69 bits per heavy atom. The monoisotopic (exact) mass is 219 g/mol. The number of ether oxygens (including phenoxy) is 1. The highest BCUT2D eigenvalue weighted by Gasteiger charge is 2.03. The molecule has 0 bridgehead atoms. The van der Waals surface area contributed by atoms with Crippen LogP contribution in [0.1, 0.15) is 6.92 Å². The van der Waals surface area contributed by atoms with Crippen molar-refractivity contribution in [1.29, 1.82) is 0 Å². The maximum absolute atomic E-state index is 11.4. The van der Waals surface area contributed by atoms with E-state index in [1.807, 2.05) is 37.3 Å². The third-order valence-corrected chi connectivity index (χ3v) is 2.12. The lowest BCUT2D eigenvalue weighted by Crippen LogP contribution is -2.29. The van der Waals surface area contributed by atoms with Crippen LogP contribution in [0.3, 0.4) is 0 Å². The molecule has 3 heteroatoms. The van der Waals surface area contributed by atoms with Crippen LogP contribution < -0.4 is 4.74 Å². The number of amides is 1. The summed E-state index contributed by atoms with van der Waals surface area (Å²) in [6.07, 6.45) is 3.28. The van der Waals surface area contributed by atoms with Crippen LogP contribution in [0.5, 0.6) is 5.75 Å². The molecule has 16 heavy (non-hydrogen) atoms. The molecule has 0 aromatic heterocycles. The number of likely N-dealkylation sites (N-methyl/N-ethyl adjacent to an activating group) is 1. The number of hydrogen-bond donors (Lipinski definition) is 0. The largest absolute Gasteiger partial charge is 0.492 e.